The Morgan fingerprint density at radius 2 is 2.12 bits per heavy atom. The van der Waals surface area contributed by atoms with Crippen LogP contribution in [-0.4, -0.2) is 46.9 Å². The zero-order valence-electron chi connectivity index (χ0n) is 19.4. The van der Waals surface area contributed by atoms with Crippen molar-refractivity contribution < 1.29 is 9.59 Å². The van der Waals surface area contributed by atoms with E-state index in [2.05, 4.69) is 33.6 Å². The Balaban J connectivity index is 1.96. The largest absolute Gasteiger partial charge is 0.355 e. The number of thiazole rings is 1. The number of carbonyl (C=O) groups excluding carboxylic acids is 2. The van der Waals surface area contributed by atoms with Gasteiger partial charge in [0, 0.05) is 43.9 Å². The molecule has 2 aromatic heterocycles. The third-order valence-electron chi connectivity index (χ3n) is 5.42. The van der Waals surface area contributed by atoms with Gasteiger partial charge in [-0.3, -0.25) is 14.6 Å². The fourth-order valence-electron chi connectivity index (χ4n) is 4.01. The highest BCUT2D eigenvalue weighted by Crippen LogP contribution is 2.43. The number of allylic oxidation sites excluding steroid dienone is 2. The maximum absolute atomic E-state index is 12.1. The molecule has 0 saturated heterocycles. The van der Waals surface area contributed by atoms with Gasteiger partial charge in [0.15, 0.2) is 5.13 Å². The number of halogens is 1. The molecule has 3 aromatic rings. The lowest BCUT2D eigenvalue weighted by atomic mass is 9.95. The first-order valence-electron chi connectivity index (χ1n) is 10.9. The molecular formula is C24H25ClN6O2S. The number of aromatic nitrogens is 3. The van der Waals surface area contributed by atoms with Gasteiger partial charge in [0.1, 0.15) is 0 Å². The first-order chi connectivity index (χ1) is 16.4. The van der Waals surface area contributed by atoms with E-state index in [0.717, 1.165) is 52.4 Å². The number of aryl methyl sites for hydroxylation is 1. The fraction of sp³-hybridized carbons (Fsp3) is 0.292. The van der Waals surface area contributed by atoms with Gasteiger partial charge in [-0.05, 0) is 37.5 Å². The van der Waals surface area contributed by atoms with Crippen LogP contribution in [0.15, 0.2) is 29.3 Å². The molecule has 0 atom stereocenters. The molecule has 1 aliphatic carbocycles. The van der Waals surface area contributed by atoms with Crippen LogP contribution in [0.25, 0.3) is 21.8 Å². The molecule has 2 heterocycles. The van der Waals surface area contributed by atoms with Gasteiger partial charge in [0.25, 0.3) is 5.91 Å². The number of amides is 2. The van der Waals surface area contributed by atoms with E-state index in [1.54, 1.807) is 32.3 Å². The fourth-order valence-corrected chi connectivity index (χ4v) is 5.39. The molecule has 0 spiro atoms. The molecule has 0 radical (unpaired) electrons. The summed E-state index contributed by atoms with van der Waals surface area (Å²) in [6.07, 6.45) is 6.23. The molecule has 2 N–H and O–H groups in total. The lowest BCUT2D eigenvalue weighted by Crippen LogP contribution is -2.17. The summed E-state index contributed by atoms with van der Waals surface area (Å²) in [5.74, 6) is -0.380. The van der Waals surface area contributed by atoms with Gasteiger partial charge in [-0.15, -0.1) is 0 Å². The number of carbonyl (C=O) groups is 2. The molecule has 0 unspecified atom stereocenters. The molecule has 0 bridgehead atoms. The molecule has 8 nitrogen and oxygen atoms in total. The summed E-state index contributed by atoms with van der Waals surface area (Å²) in [5.41, 5.74) is 5.79. The minimum Gasteiger partial charge on any atom is -0.355 e. The molecule has 4 rings (SSSR count). The second-order valence-electron chi connectivity index (χ2n) is 7.76. The monoisotopic (exact) mass is 496 g/mol. The zero-order valence-corrected chi connectivity index (χ0v) is 21.0. The minimum absolute atomic E-state index is 0.166. The predicted octanol–water partition coefficient (Wildman–Crippen LogP) is 4.56. The Morgan fingerprint density at radius 3 is 2.76 bits per heavy atom. The van der Waals surface area contributed by atoms with Crippen molar-refractivity contribution in [2.75, 3.05) is 19.4 Å². The molecule has 10 heteroatoms. The van der Waals surface area contributed by atoms with E-state index in [-0.39, 0.29) is 11.8 Å². The van der Waals surface area contributed by atoms with Gasteiger partial charge in [-0.25, -0.2) is 9.67 Å². The van der Waals surface area contributed by atoms with Crippen molar-refractivity contribution >= 4 is 51.7 Å². The predicted molar refractivity (Wildman–Crippen MR) is 137 cm³/mol. The minimum atomic E-state index is -0.214. The number of nitrogens with zero attached hydrogens (tertiary/aromatic N) is 4. The van der Waals surface area contributed by atoms with Gasteiger partial charge in [-0.2, -0.15) is 5.10 Å². The molecule has 34 heavy (non-hydrogen) atoms. The normalized spacial score (nSPS) is 13.0. The number of hydrogen-bond donors (Lipinski definition) is 2. The number of benzene rings is 1. The maximum Gasteiger partial charge on any atom is 0.251 e. The Hall–Kier alpha value is -3.30. The summed E-state index contributed by atoms with van der Waals surface area (Å²) in [5, 5.41) is 11.4. The molecule has 0 saturated carbocycles. The van der Waals surface area contributed by atoms with Crippen LogP contribution in [0.2, 0.25) is 5.02 Å². The van der Waals surface area contributed by atoms with Gasteiger partial charge in [0.05, 0.1) is 32.7 Å². The number of rotatable bonds is 6. The van der Waals surface area contributed by atoms with E-state index in [4.69, 9.17) is 16.7 Å². The van der Waals surface area contributed by atoms with E-state index >= 15 is 0 Å². The molecular weight excluding hydrogens is 472 g/mol. The van der Waals surface area contributed by atoms with Gasteiger partial charge >= 0.3 is 0 Å². The lowest BCUT2D eigenvalue weighted by Gasteiger charge is -2.15. The van der Waals surface area contributed by atoms with Gasteiger partial charge in [-0.1, -0.05) is 35.9 Å². The Kier molecular flexibility index (Phi) is 6.95. The number of aliphatic imine (C=N–C) groups is 1. The van der Waals surface area contributed by atoms with Gasteiger partial charge in [0.2, 0.25) is 5.91 Å². The molecule has 1 aromatic carbocycles. The van der Waals surface area contributed by atoms with Crippen LogP contribution in [-0.2, 0) is 17.6 Å². The number of fused-ring (bicyclic) bond motifs is 3. The molecule has 0 aliphatic heterocycles. The smallest absolute Gasteiger partial charge is 0.251 e. The highest BCUT2D eigenvalue weighted by atomic mass is 35.5. The van der Waals surface area contributed by atoms with Crippen molar-refractivity contribution in [1.29, 1.82) is 0 Å². The quantitative estimate of drug-likeness (QED) is 0.488. The summed E-state index contributed by atoms with van der Waals surface area (Å²) >= 11 is 8.09. The summed E-state index contributed by atoms with van der Waals surface area (Å²) in [7, 11) is 3.32. The summed E-state index contributed by atoms with van der Waals surface area (Å²) in [4.78, 5) is 33.5. The van der Waals surface area contributed by atoms with Crippen LogP contribution in [0.1, 0.15) is 47.6 Å². The third-order valence-corrected chi connectivity index (χ3v) is 6.74. The van der Waals surface area contributed by atoms with E-state index in [1.807, 2.05) is 10.9 Å². The highest BCUT2D eigenvalue weighted by molar-refractivity contribution is 7.19. The van der Waals surface area contributed by atoms with Crippen LogP contribution in [0.4, 0.5) is 5.13 Å². The third kappa shape index (κ3) is 4.41. The van der Waals surface area contributed by atoms with Crippen LogP contribution in [0.3, 0.4) is 0 Å². The van der Waals surface area contributed by atoms with Crippen LogP contribution < -0.4 is 10.6 Å². The van der Waals surface area contributed by atoms with Crippen LogP contribution in [0.5, 0.6) is 0 Å². The van der Waals surface area contributed by atoms with Gasteiger partial charge < -0.3 is 10.6 Å². The van der Waals surface area contributed by atoms with E-state index in [9.17, 15) is 9.59 Å². The van der Waals surface area contributed by atoms with E-state index in [1.165, 1.54) is 18.3 Å². The van der Waals surface area contributed by atoms with Crippen molar-refractivity contribution in [3.8, 4) is 16.3 Å². The van der Waals surface area contributed by atoms with Crippen molar-refractivity contribution in [3.05, 3.63) is 51.8 Å². The molecule has 2 amide bonds. The average molecular weight is 497 g/mol. The van der Waals surface area contributed by atoms with Crippen molar-refractivity contribution in [1.82, 2.24) is 20.1 Å². The Labute approximate surface area is 206 Å². The second-order valence-corrected chi connectivity index (χ2v) is 9.17. The number of hydrogen-bond acceptors (Lipinski definition) is 6. The van der Waals surface area contributed by atoms with Crippen LogP contribution >= 0.6 is 22.9 Å². The molecule has 1 aliphatic rings. The Morgan fingerprint density at radius 1 is 1.32 bits per heavy atom. The molecule has 176 valence electrons. The highest BCUT2D eigenvalue weighted by Gasteiger charge is 2.30. The SMILES string of the molecule is CC/C=C(\C=NC)c1nn(-c2ccc(C(=O)NC)cc2Cl)c2c1CCc1nc(NC(C)=O)sc1-2. The number of nitrogens with one attached hydrogen (secondary N) is 2. The van der Waals surface area contributed by atoms with E-state index in [0.29, 0.717) is 21.4 Å². The second kappa shape index (κ2) is 9.90. The van der Waals surface area contributed by atoms with E-state index < -0.39 is 0 Å². The Bertz CT molecular complexity index is 1340. The van der Waals surface area contributed by atoms with Crippen molar-refractivity contribution in [2.45, 2.75) is 33.1 Å². The topological polar surface area (TPSA) is 101 Å². The van der Waals surface area contributed by atoms with Crippen molar-refractivity contribution in [3.63, 3.8) is 0 Å². The molecule has 0 fully saturated rings. The first kappa shape index (κ1) is 23.8. The summed E-state index contributed by atoms with van der Waals surface area (Å²) < 4.78 is 1.82. The summed E-state index contributed by atoms with van der Waals surface area (Å²) in [6.45, 7) is 3.54. The maximum atomic E-state index is 12.1. The number of anilines is 1. The van der Waals surface area contributed by atoms with Crippen LogP contribution in [0, 0.1) is 0 Å². The standard InChI is InChI=1S/C24H25ClN6O2S/c1-5-6-15(12-26-3)20-16-8-9-18-22(34-24(29-18)28-13(2)32)21(16)31(30-20)19-10-7-14(11-17(19)25)23(33)27-4/h6-7,10-12H,5,8-9H2,1-4H3,(H,27,33)(H,28,29,32)/b15-6+,26-12?. The summed E-state index contributed by atoms with van der Waals surface area (Å²) in [6, 6.07) is 5.16. The average Bonchev–Trinajstić information content (AvgIpc) is 3.38. The lowest BCUT2D eigenvalue weighted by molar-refractivity contribution is -0.114. The first-order valence-corrected chi connectivity index (χ1v) is 12.1. The van der Waals surface area contributed by atoms with Crippen molar-refractivity contribution in [2.24, 2.45) is 4.99 Å². The zero-order chi connectivity index (χ0) is 24.4.